The standard InChI is InChI=1S/C23H33NO2/c1-4-5-6-16-25-22-11-7-20(8-12-22)18-24-21-9-13-23(14-10-21)26-17-15-19(2)3/h7-14,19,24H,4-6,15-18H2,1-3H3. The number of unbranched alkanes of at least 4 members (excludes halogenated alkanes) is 2. The van der Waals surface area contributed by atoms with E-state index in [-0.39, 0.29) is 0 Å². The molecule has 0 fully saturated rings. The number of hydrogen-bond acceptors (Lipinski definition) is 3. The third-order valence-corrected chi connectivity index (χ3v) is 4.25. The Bertz CT molecular complexity index is 605. The Balaban J connectivity index is 1.72. The summed E-state index contributed by atoms with van der Waals surface area (Å²) in [6.07, 6.45) is 4.65. The minimum atomic E-state index is 0.670. The van der Waals surface area contributed by atoms with Gasteiger partial charge in [-0.15, -0.1) is 0 Å². The van der Waals surface area contributed by atoms with E-state index >= 15 is 0 Å². The SMILES string of the molecule is CCCCCOc1ccc(CNc2ccc(OCCC(C)C)cc2)cc1. The summed E-state index contributed by atoms with van der Waals surface area (Å²) in [7, 11) is 0. The molecule has 3 nitrogen and oxygen atoms in total. The first kappa shape index (κ1) is 20.2. The lowest BCUT2D eigenvalue weighted by Crippen LogP contribution is -2.02. The molecule has 0 saturated carbocycles. The minimum Gasteiger partial charge on any atom is -0.494 e. The quantitative estimate of drug-likeness (QED) is 0.454. The second-order valence-electron chi connectivity index (χ2n) is 7.11. The molecule has 0 unspecified atom stereocenters. The van der Waals surface area contributed by atoms with Crippen molar-refractivity contribution < 1.29 is 9.47 Å². The Morgan fingerprint density at radius 1 is 0.808 bits per heavy atom. The smallest absolute Gasteiger partial charge is 0.119 e. The van der Waals surface area contributed by atoms with Crippen LogP contribution in [-0.4, -0.2) is 13.2 Å². The van der Waals surface area contributed by atoms with Gasteiger partial charge in [0, 0.05) is 12.2 Å². The molecule has 0 bridgehead atoms. The van der Waals surface area contributed by atoms with Crippen LogP contribution in [0.15, 0.2) is 48.5 Å². The van der Waals surface area contributed by atoms with Crippen molar-refractivity contribution in [2.45, 2.75) is 53.0 Å². The molecule has 0 saturated heterocycles. The summed E-state index contributed by atoms with van der Waals surface area (Å²) >= 11 is 0. The molecule has 2 rings (SSSR count). The second-order valence-corrected chi connectivity index (χ2v) is 7.11. The summed E-state index contributed by atoms with van der Waals surface area (Å²) < 4.78 is 11.5. The number of rotatable bonds is 12. The fourth-order valence-electron chi connectivity index (χ4n) is 2.53. The van der Waals surface area contributed by atoms with Crippen molar-refractivity contribution in [2.24, 2.45) is 5.92 Å². The van der Waals surface area contributed by atoms with Crippen LogP contribution >= 0.6 is 0 Å². The molecule has 2 aromatic rings. The average Bonchev–Trinajstić information content (AvgIpc) is 2.65. The molecule has 0 aromatic heterocycles. The van der Waals surface area contributed by atoms with Gasteiger partial charge < -0.3 is 14.8 Å². The highest BCUT2D eigenvalue weighted by Gasteiger charge is 1.99. The van der Waals surface area contributed by atoms with Gasteiger partial charge in [-0.25, -0.2) is 0 Å². The highest BCUT2D eigenvalue weighted by Crippen LogP contribution is 2.18. The van der Waals surface area contributed by atoms with E-state index in [1.165, 1.54) is 18.4 Å². The van der Waals surface area contributed by atoms with E-state index in [1.807, 2.05) is 12.1 Å². The summed E-state index contributed by atoms with van der Waals surface area (Å²) in [6, 6.07) is 16.5. The molecule has 0 atom stereocenters. The summed E-state index contributed by atoms with van der Waals surface area (Å²) in [6.45, 7) is 9.00. The van der Waals surface area contributed by atoms with E-state index in [2.05, 4.69) is 62.5 Å². The lowest BCUT2D eigenvalue weighted by molar-refractivity contribution is 0.289. The zero-order chi connectivity index (χ0) is 18.6. The Kier molecular flexibility index (Phi) is 8.88. The van der Waals surface area contributed by atoms with Crippen LogP contribution in [0.5, 0.6) is 11.5 Å². The predicted molar refractivity (Wildman–Crippen MR) is 110 cm³/mol. The number of benzene rings is 2. The Labute approximate surface area is 158 Å². The highest BCUT2D eigenvalue weighted by molar-refractivity contribution is 5.47. The second kappa shape index (κ2) is 11.5. The Morgan fingerprint density at radius 2 is 1.42 bits per heavy atom. The molecule has 3 heteroatoms. The molecule has 142 valence electrons. The zero-order valence-electron chi connectivity index (χ0n) is 16.5. The molecule has 0 aliphatic carbocycles. The van der Waals surface area contributed by atoms with E-state index in [0.29, 0.717) is 5.92 Å². The van der Waals surface area contributed by atoms with Gasteiger partial charge in [-0.2, -0.15) is 0 Å². The van der Waals surface area contributed by atoms with Gasteiger partial charge in [-0.05, 0) is 60.7 Å². The Morgan fingerprint density at radius 3 is 2.04 bits per heavy atom. The van der Waals surface area contributed by atoms with Gasteiger partial charge in [0.15, 0.2) is 0 Å². The number of ether oxygens (including phenoxy) is 2. The van der Waals surface area contributed by atoms with Crippen molar-refractivity contribution >= 4 is 5.69 Å². The minimum absolute atomic E-state index is 0.670. The van der Waals surface area contributed by atoms with Gasteiger partial charge in [0.25, 0.3) is 0 Å². The van der Waals surface area contributed by atoms with Crippen LogP contribution in [-0.2, 0) is 6.54 Å². The van der Waals surface area contributed by atoms with Crippen LogP contribution in [0.25, 0.3) is 0 Å². The lowest BCUT2D eigenvalue weighted by Gasteiger charge is -2.11. The molecule has 2 aromatic carbocycles. The van der Waals surface area contributed by atoms with Gasteiger partial charge in [0.1, 0.15) is 11.5 Å². The van der Waals surface area contributed by atoms with Crippen LogP contribution in [0, 0.1) is 5.92 Å². The number of anilines is 1. The third kappa shape index (κ3) is 7.81. The normalized spacial score (nSPS) is 10.8. The van der Waals surface area contributed by atoms with Crippen LogP contribution in [0.1, 0.15) is 52.0 Å². The van der Waals surface area contributed by atoms with Gasteiger partial charge in [-0.3, -0.25) is 0 Å². The average molecular weight is 356 g/mol. The first-order valence-corrected chi connectivity index (χ1v) is 9.86. The zero-order valence-corrected chi connectivity index (χ0v) is 16.5. The summed E-state index contributed by atoms with van der Waals surface area (Å²) in [5.41, 5.74) is 2.34. The van der Waals surface area contributed by atoms with E-state index in [0.717, 1.165) is 49.8 Å². The highest BCUT2D eigenvalue weighted by atomic mass is 16.5. The number of hydrogen-bond donors (Lipinski definition) is 1. The monoisotopic (exact) mass is 355 g/mol. The molecule has 0 aliphatic heterocycles. The van der Waals surface area contributed by atoms with Crippen LogP contribution in [0.3, 0.4) is 0 Å². The van der Waals surface area contributed by atoms with Crippen LogP contribution in [0.4, 0.5) is 5.69 Å². The molecular formula is C23H33NO2. The van der Waals surface area contributed by atoms with Crippen molar-refractivity contribution in [3.63, 3.8) is 0 Å². The van der Waals surface area contributed by atoms with Gasteiger partial charge in [-0.1, -0.05) is 45.7 Å². The van der Waals surface area contributed by atoms with Gasteiger partial charge in [0.05, 0.1) is 13.2 Å². The summed E-state index contributed by atoms with van der Waals surface area (Å²) in [5.74, 6) is 2.55. The van der Waals surface area contributed by atoms with E-state index < -0.39 is 0 Å². The molecule has 0 radical (unpaired) electrons. The van der Waals surface area contributed by atoms with Crippen molar-refractivity contribution in [1.82, 2.24) is 0 Å². The first-order chi connectivity index (χ1) is 12.7. The Hall–Kier alpha value is -2.16. The maximum Gasteiger partial charge on any atom is 0.119 e. The molecule has 0 spiro atoms. The summed E-state index contributed by atoms with van der Waals surface area (Å²) in [4.78, 5) is 0. The molecule has 26 heavy (non-hydrogen) atoms. The first-order valence-electron chi connectivity index (χ1n) is 9.86. The fourth-order valence-corrected chi connectivity index (χ4v) is 2.53. The number of nitrogens with one attached hydrogen (secondary N) is 1. The lowest BCUT2D eigenvalue weighted by atomic mass is 10.1. The van der Waals surface area contributed by atoms with Gasteiger partial charge in [0.2, 0.25) is 0 Å². The van der Waals surface area contributed by atoms with E-state index in [9.17, 15) is 0 Å². The van der Waals surface area contributed by atoms with Crippen molar-refractivity contribution in [2.75, 3.05) is 18.5 Å². The van der Waals surface area contributed by atoms with E-state index in [1.54, 1.807) is 0 Å². The van der Waals surface area contributed by atoms with Crippen molar-refractivity contribution in [3.05, 3.63) is 54.1 Å². The molecule has 0 heterocycles. The molecule has 0 aliphatic rings. The largest absolute Gasteiger partial charge is 0.494 e. The maximum absolute atomic E-state index is 5.75. The van der Waals surface area contributed by atoms with Crippen molar-refractivity contribution in [3.8, 4) is 11.5 Å². The molecule has 1 N–H and O–H groups in total. The van der Waals surface area contributed by atoms with Crippen LogP contribution in [0.2, 0.25) is 0 Å². The van der Waals surface area contributed by atoms with Crippen LogP contribution < -0.4 is 14.8 Å². The molecular weight excluding hydrogens is 322 g/mol. The maximum atomic E-state index is 5.75. The summed E-state index contributed by atoms with van der Waals surface area (Å²) in [5, 5.41) is 3.45. The third-order valence-electron chi connectivity index (χ3n) is 4.25. The van der Waals surface area contributed by atoms with Crippen molar-refractivity contribution in [1.29, 1.82) is 0 Å². The van der Waals surface area contributed by atoms with E-state index in [4.69, 9.17) is 9.47 Å². The topological polar surface area (TPSA) is 30.5 Å². The molecule has 0 amide bonds. The van der Waals surface area contributed by atoms with Gasteiger partial charge >= 0.3 is 0 Å². The predicted octanol–water partition coefficient (Wildman–Crippen LogP) is 6.29. The fraction of sp³-hybridized carbons (Fsp3) is 0.478.